The van der Waals surface area contributed by atoms with Crippen LogP contribution in [0.25, 0.3) is 0 Å². The molecule has 0 aromatic heterocycles. The van der Waals surface area contributed by atoms with Crippen LogP contribution >= 0.6 is 21.6 Å². The van der Waals surface area contributed by atoms with Gasteiger partial charge in [-0.05, 0) is 0 Å². The van der Waals surface area contributed by atoms with Gasteiger partial charge in [-0.1, -0.05) is 28.5 Å². The summed E-state index contributed by atoms with van der Waals surface area (Å²) >= 11 is 0. The number of carbonyl (C=O) groups is 1. The maximum absolute atomic E-state index is 10.7. The summed E-state index contributed by atoms with van der Waals surface area (Å²) in [7, 11) is 5.13. The van der Waals surface area contributed by atoms with E-state index in [0.717, 1.165) is 18.1 Å². The molecule has 0 aliphatic heterocycles. The van der Waals surface area contributed by atoms with Crippen molar-refractivity contribution in [2.45, 2.75) is 13.3 Å². The number of ether oxygens (including phenoxy) is 2. The molecule has 0 bridgehead atoms. The van der Waals surface area contributed by atoms with Crippen LogP contribution in [-0.2, 0) is 14.3 Å². The molecule has 0 unspecified atom stereocenters. The van der Waals surface area contributed by atoms with E-state index < -0.39 is 0 Å². The van der Waals surface area contributed by atoms with Crippen LogP contribution in [0.5, 0.6) is 0 Å². The quantitative estimate of drug-likeness (QED) is 0.358. The lowest BCUT2D eigenvalue weighted by Crippen LogP contribution is -2.05. The SMILES string of the molecule is CCC(=O)OCCSSCCOC. The lowest BCUT2D eigenvalue weighted by Gasteiger charge is -2.02. The molecule has 5 heteroatoms. The van der Waals surface area contributed by atoms with Gasteiger partial charge in [-0.25, -0.2) is 0 Å². The van der Waals surface area contributed by atoms with E-state index in [1.54, 1.807) is 35.6 Å². The van der Waals surface area contributed by atoms with Gasteiger partial charge in [-0.3, -0.25) is 4.79 Å². The fourth-order valence-electron chi connectivity index (χ4n) is 0.527. The monoisotopic (exact) mass is 224 g/mol. The summed E-state index contributed by atoms with van der Waals surface area (Å²) in [5.41, 5.74) is 0. The van der Waals surface area contributed by atoms with E-state index in [0.29, 0.717) is 13.0 Å². The third kappa shape index (κ3) is 10.0. The fourth-order valence-corrected chi connectivity index (χ4v) is 2.26. The normalized spacial score (nSPS) is 10.0. The highest BCUT2D eigenvalue weighted by molar-refractivity contribution is 8.76. The van der Waals surface area contributed by atoms with Crippen molar-refractivity contribution < 1.29 is 14.3 Å². The summed E-state index contributed by atoms with van der Waals surface area (Å²) in [5, 5.41) is 0. The molecule has 0 N–H and O–H groups in total. The van der Waals surface area contributed by atoms with Gasteiger partial charge < -0.3 is 9.47 Å². The van der Waals surface area contributed by atoms with Crippen molar-refractivity contribution in [1.29, 1.82) is 0 Å². The predicted octanol–water partition coefficient (Wildman–Crippen LogP) is 1.97. The number of esters is 1. The number of methoxy groups -OCH3 is 1. The van der Waals surface area contributed by atoms with Crippen LogP contribution in [0.3, 0.4) is 0 Å². The molecule has 0 fully saturated rings. The van der Waals surface area contributed by atoms with Crippen molar-refractivity contribution in [3.8, 4) is 0 Å². The Morgan fingerprint density at radius 3 is 2.38 bits per heavy atom. The van der Waals surface area contributed by atoms with Crippen LogP contribution in [0.15, 0.2) is 0 Å². The Hall–Kier alpha value is 0.130. The Balaban J connectivity index is 2.95. The summed E-state index contributed by atoms with van der Waals surface area (Å²) in [4.78, 5) is 10.7. The minimum atomic E-state index is -0.123. The second-order valence-corrected chi connectivity index (χ2v) is 4.91. The molecule has 0 rings (SSSR count). The third-order valence-electron chi connectivity index (χ3n) is 1.17. The van der Waals surface area contributed by atoms with Crippen LogP contribution in [0.2, 0.25) is 0 Å². The summed E-state index contributed by atoms with van der Waals surface area (Å²) in [6.07, 6.45) is 0.460. The number of hydrogen-bond acceptors (Lipinski definition) is 5. The summed E-state index contributed by atoms with van der Waals surface area (Å²) in [6, 6.07) is 0. The molecule has 78 valence electrons. The van der Waals surface area contributed by atoms with Crippen molar-refractivity contribution >= 4 is 27.6 Å². The maximum atomic E-state index is 10.7. The van der Waals surface area contributed by atoms with Crippen molar-refractivity contribution in [3.05, 3.63) is 0 Å². The van der Waals surface area contributed by atoms with Crippen LogP contribution in [0.1, 0.15) is 13.3 Å². The fraction of sp³-hybridized carbons (Fsp3) is 0.875. The van der Waals surface area contributed by atoms with Crippen molar-refractivity contribution in [2.75, 3.05) is 31.8 Å². The van der Waals surface area contributed by atoms with Gasteiger partial charge >= 0.3 is 5.97 Å². The molecule has 0 aromatic carbocycles. The van der Waals surface area contributed by atoms with Crippen LogP contribution < -0.4 is 0 Å². The first-order valence-electron chi connectivity index (χ1n) is 4.20. The van der Waals surface area contributed by atoms with Gasteiger partial charge in [0.05, 0.1) is 6.61 Å². The molecular formula is C8H16O3S2. The van der Waals surface area contributed by atoms with E-state index in [1.807, 2.05) is 0 Å². The van der Waals surface area contributed by atoms with Gasteiger partial charge in [0.1, 0.15) is 6.61 Å². The van der Waals surface area contributed by atoms with E-state index in [1.165, 1.54) is 0 Å². The highest BCUT2D eigenvalue weighted by Crippen LogP contribution is 2.19. The summed E-state index contributed by atoms with van der Waals surface area (Å²) in [5.74, 6) is 1.70. The van der Waals surface area contributed by atoms with Crippen LogP contribution in [0.4, 0.5) is 0 Å². The highest BCUT2D eigenvalue weighted by atomic mass is 33.1. The van der Waals surface area contributed by atoms with E-state index in [-0.39, 0.29) is 5.97 Å². The van der Waals surface area contributed by atoms with E-state index >= 15 is 0 Å². The first-order valence-corrected chi connectivity index (χ1v) is 6.69. The Bertz CT molecular complexity index is 131. The average molecular weight is 224 g/mol. The van der Waals surface area contributed by atoms with E-state index in [2.05, 4.69) is 0 Å². The molecule has 3 nitrogen and oxygen atoms in total. The number of hydrogen-bond donors (Lipinski definition) is 0. The molecule has 0 aliphatic rings. The van der Waals surface area contributed by atoms with Crippen molar-refractivity contribution in [3.63, 3.8) is 0 Å². The largest absolute Gasteiger partial charge is 0.465 e. The molecule has 0 radical (unpaired) electrons. The minimum absolute atomic E-state index is 0.123. The lowest BCUT2D eigenvalue weighted by molar-refractivity contribution is -0.142. The smallest absolute Gasteiger partial charge is 0.305 e. The molecular weight excluding hydrogens is 208 g/mol. The molecule has 13 heavy (non-hydrogen) atoms. The van der Waals surface area contributed by atoms with Gasteiger partial charge in [0.15, 0.2) is 0 Å². The Labute approximate surface area is 87.3 Å². The molecule has 0 spiro atoms. The first kappa shape index (κ1) is 13.1. The number of carbonyl (C=O) groups excluding carboxylic acids is 1. The van der Waals surface area contributed by atoms with Crippen LogP contribution in [0, 0.1) is 0 Å². The predicted molar refractivity (Wildman–Crippen MR) is 58.0 cm³/mol. The molecule has 0 aromatic rings. The second-order valence-electron chi connectivity index (χ2n) is 2.21. The van der Waals surface area contributed by atoms with Gasteiger partial charge in [-0.2, -0.15) is 0 Å². The van der Waals surface area contributed by atoms with E-state index in [4.69, 9.17) is 9.47 Å². The summed E-state index contributed by atoms with van der Waals surface area (Å²) in [6.45, 7) is 3.08. The Morgan fingerprint density at radius 2 is 1.85 bits per heavy atom. The van der Waals surface area contributed by atoms with Gasteiger partial charge in [0, 0.05) is 25.0 Å². The molecule has 0 atom stereocenters. The molecule has 0 heterocycles. The number of rotatable bonds is 8. The zero-order valence-electron chi connectivity index (χ0n) is 8.08. The third-order valence-corrected chi connectivity index (χ3v) is 3.51. The van der Waals surface area contributed by atoms with E-state index in [9.17, 15) is 4.79 Å². The van der Waals surface area contributed by atoms with Gasteiger partial charge in [0.2, 0.25) is 0 Å². The van der Waals surface area contributed by atoms with Gasteiger partial charge in [0.25, 0.3) is 0 Å². The average Bonchev–Trinajstić information content (AvgIpc) is 2.16. The highest BCUT2D eigenvalue weighted by Gasteiger charge is 1.97. The molecule has 0 amide bonds. The summed E-state index contributed by atoms with van der Waals surface area (Å²) < 4.78 is 9.78. The zero-order valence-corrected chi connectivity index (χ0v) is 9.71. The van der Waals surface area contributed by atoms with Crippen LogP contribution in [-0.4, -0.2) is 37.8 Å². The topological polar surface area (TPSA) is 35.5 Å². The second kappa shape index (κ2) is 10.2. The molecule has 0 saturated carbocycles. The molecule has 0 aliphatic carbocycles. The van der Waals surface area contributed by atoms with Crippen molar-refractivity contribution in [1.82, 2.24) is 0 Å². The Kier molecular flexibility index (Phi) is 10.3. The first-order chi connectivity index (χ1) is 6.31. The standard InChI is InChI=1S/C8H16O3S2/c1-3-8(9)11-5-7-13-12-6-4-10-2/h3-7H2,1-2H3. The maximum Gasteiger partial charge on any atom is 0.305 e. The molecule has 0 saturated heterocycles. The van der Waals surface area contributed by atoms with Gasteiger partial charge in [-0.15, -0.1) is 0 Å². The minimum Gasteiger partial charge on any atom is -0.465 e. The lowest BCUT2D eigenvalue weighted by atomic mass is 10.5. The zero-order chi connectivity index (χ0) is 9.94. The Morgan fingerprint density at radius 1 is 1.23 bits per heavy atom. The van der Waals surface area contributed by atoms with Crippen molar-refractivity contribution in [2.24, 2.45) is 0 Å².